The molecule has 5 heteroatoms. The van der Waals surface area contributed by atoms with Crippen molar-refractivity contribution in [2.75, 3.05) is 12.0 Å². The number of nitrogens with zero attached hydrogens (tertiary/aromatic N) is 1. The second-order valence-electron chi connectivity index (χ2n) is 5.91. The Hall–Kier alpha value is -1.07. The molecule has 0 aliphatic heterocycles. The van der Waals surface area contributed by atoms with Crippen molar-refractivity contribution >= 4 is 31.8 Å². The molecule has 0 aliphatic rings. The van der Waals surface area contributed by atoms with Gasteiger partial charge in [-0.05, 0) is 50.6 Å². The average Bonchev–Trinajstić information content (AvgIpc) is 2.42. The van der Waals surface area contributed by atoms with Gasteiger partial charge in [0.15, 0.2) is 0 Å². The van der Waals surface area contributed by atoms with E-state index in [2.05, 4.69) is 4.99 Å². The highest BCUT2D eigenvalue weighted by Crippen LogP contribution is 2.13. The molecule has 0 N–H and O–H groups in total. The predicted octanol–water partition coefficient (Wildman–Crippen LogP) is 4.00. The summed E-state index contributed by atoms with van der Waals surface area (Å²) in [5.41, 5.74) is 1.93. The third-order valence-electron chi connectivity index (χ3n) is 2.82. The maximum absolute atomic E-state index is 12.3. The number of hydrogen-bond acceptors (Lipinski definition) is 4. The standard InChI is InChI=1S/C16H25NO2SSi/c1-13(14-9-7-6-8-10-14)17-15(11-12-20-2)16(18)19-21(3,4)5/h6-10,15H,11-12H2,1-5H3. The smallest absolute Gasteiger partial charge is 0.317 e. The summed E-state index contributed by atoms with van der Waals surface area (Å²) in [6.45, 7) is 8.00. The minimum absolute atomic E-state index is 0.182. The number of thioether (sulfide) groups is 1. The van der Waals surface area contributed by atoms with Gasteiger partial charge in [-0.15, -0.1) is 0 Å². The molecule has 0 heterocycles. The minimum Gasteiger partial charge on any atom is -0.518 e. The van der Waals surface area contributed by atoms with Crippen LogP contribution in [0.5, 0.6) is 0 Å². The second kappa shape index (κ2) is 8.39. The van der Waals surface area contributed by atoms with Crippen molar-refractivity contribution in [2.24, 2.45) is 4.99 Å². The van der Waals surface area contributed by atoms with Gasteiger partial charge in [-0.1, -0.05) is 30.3 Å². The molecular formula is C16H25NO2SSi. The Morgan fingerprint density at radius 1 is 1.29 bits per heavy atom. The van der Waals surface area contributed by atoms with Crippen molar-refractivity contribution in [3.63, 3.8) is 0 Å². The number of carbonyl (C=O) groups excluding carboxylic acids is 1. The first kappa shape index (κ1) is 18.0. The van der Waals surface area contributed by atoms with Crippen LogP contribution in [0.2, 0.25) is 19.6 Å². The molecule has 3 nitrogen and oxygen atoms in total. The lowest BCUT2D eigenvalue weighted by Gasteiger charge is -2.21. The molecule has 0 saturated carbocycles. The zero-order valence-electron chi connectivity index (χ0n) is 13.6. The normalized spacial score (nSPS) is 13.9. The maximum Gasteiger partial charge on any atom is 0.317 e. The van der Waals surface area contributed by atoms with Crippen LogP contribution >= 0.6 is 11.8 Å². The third kappa shape index (κ3) is 6.95. The van der Waals surface area contributed by atoms with Crippen molar-refractivity contribution in [3.8, 4) is 0 Å². The predicted molar refractivity (Wildman–Crippen MR) is 94.9 cm³/mol. The topological polar surface area (TPSA) is 38.7 Å². The number of benzene rings is 1. The number of rotatable bonds is 7. The summed E-state index contributed by atoms with van der Waals surface area (Å²) in [5, 5.41) is 0. The summed E-state index contributed by atoms with van der Waals surface area (Å²) in [4.78, 5) is 16.9. The van der Waals surface area contributed by atoms with Gasteiger partial charge in [0.05, 0.1) is 0 Å². The van der Waals surface area contributed by atoms with E-state index in [1.54, 1.807) is 11.8 Å². The Morgan fingerprint density at radius 2 is 1.90 bits per heavy atom. The monoisotopic (exact) mass is 323 g/mol. The molecule has 0 radical (unpaired) electrons. The first-order valence-corrected chi connectivity index (χ1v) is 12.0. The van der Waals surface area contributed by atoms with Gasteiger partial charge in [-0.2, -0.15) is 11.8 Å². The van der Waals surface area contributed by atoms with Gasteiger partial charge in [0, 0.05) is 5.71 Å². The van der Waals surface area contributed by atoms with Crippen molar-refractivity contribution in [2.45, 2.75) is 39.0 Å². The fourth-order valence-corrected chi connectivity index (χ4v) is 3.02. The van der Waals surface area contributed by atoms with Gasteiger partial charge in [0.2, 0.25) is 8.32 Å². The lowest BCUT2D eigenvalue weighted by Crippen LogP contribution is -2.35. The fraction of sp³-hybridized carbons (Fsp3) is 0.500. The van der Waals surface area contributed by atoms with Crippen molar-refractivity contribution in [1.29, 1.82) is 0 Å². The Balaban J connectivity index is 2.89. The van der Waals surface area contributed by atoms with E-state index in [9.17, 15) is 4.79 Å². The number of hydrogen-bond donors (Lipinski definition) is 0. The highest BCUT2D eigenvalue weighted by molar-refractivity contribution is 7.98. The van der Waals surface area contributed by atoms with Gasteiger partial charge in [-0.3, -0.25) is 9.79 Å². The molecule has 1 unspecified atom stereocenters. The Bertz CT molecular complexity index is 483. The van der Waals surface area contributed by atoms with Crippen LogP contribution in [-0.2, 0) is 9.22 Å². The van der Waals surface area contributed by atoms with E-state index in [0.717, 1.165) is 17.0 Å². The van der Waals surface area contributed by atoms with Crippen LogP contribution in [0.3, 0.4) is 0 Å². The van der Waals surface area contributed by atoms with E-state index in [-0.39, 0.29) is 5.97 Å². The van der Waals surface area contributed by atoms with Gasteiger partial charge >= 0.3 is 5.97 Å². The van der Waals surface area contributed by atoms with E-state index in [1.165, 1.54) is 0 Å². The van der Waals surface area contributed by atoms with E-state index in [1.807, 2.05) is 63.2 Å². The third-order valence-corrected chi connectivity index (χ3v) is 4.27. The van der Waals surface area contributed by atoms with Crippen LogP contribution in [0.4, 0.5) is 0 Å². The second-order valence-corrected chi connectivity index (χ2v) is 11.3. The van der Waals surface area contributed by atoms with Gasteiger partial charge in [0.25, 0.3) is 0 Å². The summed E-state index contributed by atoms with van der Waals surface area (Å²) in [7, 11) is -1.88. The molecule has 0 aliphatic carbocycles. The minimum atomic E-state index is -1.88. The largest absolute Gasteiger partial charge is 0.518 e. The highest BCUT2D eigenvalue weighted by Gasteiger charge is 2.26. The molecule has 1 rings (SSSR count). The molecule has 1 atom stereocenters. The van der Waals surface area contributed by atoms with Crippen molar-refractivity contribution in [1.82, 2.24) is 0 Å². The SMILES string of the molecule is CSCCC(N=C(C)c1ccccc1)C(=O)O[Si](C)(C)C. The quantitative estimate of drug-likeness (QED) is 0.562. The Kier molecular flexibility index (Phi) is 7.18. The number of carbonyl (C=O) groups is 1. The van der Waals surface area contributed by atoms with Gasteiger partial charge in [-0.25, -0.2) is 0 Å². The molecule has 21 heavy (non-hydrogen) atoms. The molecule has 0 spiro atoms. The van der Waals surface area contributed by atoms with E-state index in [4.69, 9.17) is 4.43 Å². The van der Waals surface area contributed by atoms with Crippen LogP contribution < -0.4 is 0 Å². The van der Waals surface area contributed by atoms with E-state index >= 15 is 0 Å². The summed E-state index contributed by atoms with van der Waals surface area (Å²) < 4.78 is 5.62. The van der Waals surface area contributed by atoms with Crippen molar-refractivity contribution in [3.05, 3.63) is 35.9 Å². The van der Waals surface area contributed by atoms with Gasteiger partial charge in [0.1, 0.15) is 6.04 Å². The van der Waals surface area contributed by atoms with Crippen LogP contribution in [0, 0.1) is 0 Å². The zero-order valence-corrected chi connectivity index (χ0v) is 15.4. The first-order chi connectivity index (χ1) is 9.83. The molecule has 0 amide bonds. The van der Waals surface area contributed by atoms with Crippen LogP contribution in [0.25, 0.3) is 0 Å². The summed E-state index contributed by atoms with van der Waals surface area (Å²) in [5.74, 6) is 0.718. The van der Waals surface area contributed by atoms with Crippen LogP contribution in [0.1, 0.15) is 18.9 Å². The maximum atomic E-state index is 12.3. The molecule has 116 valence electrons. The molecular weight excluding hydrogens is 298 g/mol. The van der Waals surface area contributed by atoms with E-state index in [0.29, 0.717) is 6.42 Å². The lowest BCUT2D eigenvalue weighted by molar-refractivity contribution is -0.136. The fourth-order valence-electron chi connectivity index (χ4n) is 1.82. The van der Waals surface area contributed by atoms with Crippen LogP contribution in [0.15, 0.2) is 35.3 Å². The zero-order chi connectivity index (χ0) is 15.9. The molecule has 0 fully saturated rings. The molecule has 0 bridgehead atoms. The lowest BCUT2D eigenvalue weighted by atomic mass is 10.1. The summed E-state index contributed by atoms with van der Waals surface area (Å²) in [6.07, 6.45) is 2.75. The Morgan fingerprint density at radius 3 is 2.43 bits per heavy atom. The first-order valence-electron chi connectivity index (χ1n) is 7.15. The summed E-state index contributed by atoms with van der Waals surface area (Å²) in [6, 6.07) is 9.55. The molecule has 0 saturated heterocycles. The van der Waals surface area contributed by atoms with Crippen LogP contribution in [-0.4, -0.2) is 38.0 Å². The highest BCUT2D eigenvalue weighted by atomic mass is 32.2. The van der Waals surface area contributed by atoms with E-state index < -0.39 is 14.4 Å². The van der Waals surface area contributed by atoms with Crippen molar-refractivity contribution < 1.29 is 9.22 Å². The molecule has 0 aromatic heterocycles. The number of aliphatic imine (C=N–C) groups is 1. The molecule has 1 aromatic carbocycles. The van der Waals surface area contributed by atoms with Gasteiger partial charge < -0.3 is 4.43 Å². The summed E-state index contributed by atoms with van der Waals surface area (Å²) >= 11 is 1.72. The Labute approximate surface area is 133 Å². The molecule has 1 aromatic rings. The average molecular weight is 324 g/mol.